The molecule has 0 N–H and O–H groups in total. The Morgan fingerprint density at radius 3 is 2.50 bits per heavy atom. The van der Waals surface area contributed by atoms with Gasteiger partial charge in [0, 0.05) is 54.8 Å². The van der Waals surface area contributed by atoms with E-state index in [9.17, 15) is 0 Å². The van der Waals surface area contributed by atoms with Crippen molar-refractivity contribution in [2.75, 3.05) is 19.1 Å². The Balaban J connectivity index is 1.74. The zero-order valence-electron chi connectivity index (χ0n) is 16.4. The standard InChI is InChI=1S/C21H28N4O/c1-20(2)17(13-21(20,3)26-5)25(4)19-15-7-6-8-16(15)23-18(24-19)14-9-11-22-12-10-14/h9-12,17H,6-8,13H2,1-5H3/t17-,21-/m0/s1. The number of fused-ring (bicyclic) bond motifs is 1. The zero-order chi connectivity index (χ0) is 18.5. The van der Waals surface area contributed by atoms with Gasteiger partial charge in [-0.05, 0) is 44.7 Å². The van der Waals surface area contributed by atoms with Crippen LogP contribution in [0.4, 0.5) is 5.82 Å². The van der Waals surface area contributed by atoms with Crippen LogP contribution in [0.3, 0.4) is 0 Å². The monoisotopic (exact) mass is 352 g/mol. The molecule has 0 aliphatic heterocycles. The van der Waals surface area contributed by atoms with Gasteiger partial charge in [0.15, 0.2) is 5.82 Å². The molecule has 2 aromatic rings. The molecule has 0 spiro atoms. The highest BCUT2D eigenvalue weighted by molar-refractivity contribution is 5.61. The quantitative estimate of drug-likeness (QED) is 0.840. The van der Waals surface area contributed by atoms with Crippen LogP contribution in [0.1, 0.15) is 44.9 Å². The van der Waals surface area contributed by atoms with Gasteiger partial charge in [0.1, 0.15) is 5.82 Å². The fourth-order valence-electron chi connectivity index (χ4n) is 4.56. The smallest absolute Gasteiger partial charge is 0.161 e. The molecule has 0 amide bonds. The van der Waals surface area contributed by atoms with Gasteiger partial charge in [0.25, 0.3) is 0 Å². The molecule has 0 saturated heterocycles. The van der Waals surface area contributed by atoms with Crippen LogP contribution in [0.2, 0.25) is 0 Å². The summed E-state index contributed by atoms with van der Waals surface area (Å²) in [6.07, 6.45) is 7.88. The lowest BCUT2D eigenvalue weighted by Crippen LogP contribution is -2.68. The van der Waals surface area contributed by atoms with Crippen molar-refractivity contribution < 1.29 is 4.74 Å². The first-order valence-electron chi connectivity index (χ1n) is 9.45. The number of aromatic nitrogens is 3. The Kier molecular flexibility index (Phi) is 4.03. The highest BCUT2D eigenvalue weighted by Gasteiger charge is 2.59. The van der Waals surface area contributed by atoms with E-state index in [4.69, 9.17) is 14.7 Å². The van der Waals surface area contributed by atoms with E-state index < -0.39 is 0 Å². The van der Waals surface area contributed by atoms with Gasteiger partial charge < -0.3 is 9.64 Å². The van der Waals surface area contributed by atoms with E-state index in [1.807, 2.05) is 19.2 Å². The lowest BCUT2D eigenvalue weighted by Gasteiger charge is -2.61. The van der Waals surface area contributed by atoms with E-state index in [0.29, 0.717) is 6.04 Å². The van der Waals surface area contributed by atoms with Crippen LogP contribution < -0.4 is 4.90 Å². The van der Waals surface area contributed by atoms with E-state index in [1.165, 1.54) is 11.3 Å². The van der Waals surface area contributed by atoms with Gasteiger partial charge >= 0.3 is 0 Å². The van der Waals surface area contributed by atoms with Crippen LogP contribution in [-0.4, -0.2) is 40.8 Å². The van der Waals surface area contributed by atoms with Crippen LogP contribution in [0, 0.1) is 5.41 Å². The largest absolute Gasteiger partial charge is 0.378 e. The summed E-state index contributed by atoms with van der Waals surface area (Å²) in [5.74, 6) is 1.90. The minimum absolute atomic E-state index is 0.0593. The molecular weight excluding hydrogens is 324 g/mol. The van der Waals surface area contributed by atoms with Crippen LogP contribution >= 0.6 is 0 Å². The molecule has 2 heterocycles. The Morgan fingerprint density at radius 1 is 1.12 bits per heavy atom. The topological polar surface area (TPSA) is 51.1 Å². The van der Waals surface area contributed by atoms with Crippen molar-refractivity contribution in [1.82, 2.24) is 15.0 Å². The normalized spacial score (nSPS) is 26.3. The Bertz CT molecular complexity index is 820. The molecule has 1 fully saturated rings. The number of pyridine rings is 1. The Hall–Kier alpha value is -2.01. The number of rotatable bonds is 4. The van der Waals surface area contributed by atoms with Crippen molar-refractivity contribution >= 4 is 5.82 Å². The highest BCUT2D eigenvalue weighted by Crippen LogP contribution is 2.54. The van der Waals surface area contributed by atoms with Crippen molar-refractivity contribution in [3.63, 3.8) is 0 Å². The van der Waals surface area contributed by atoms with E-state index in [1.54, 1.807) is 12.4 Å². The third kappa shape index (κ3) is 2.44. The van der Waals surface area contributed by atoms with E-state index in [0.717, 1.165) is 42.9 Å². The molecule has 5 nitrogen and oxygen atoms in total. The minimum atomic E-state index is -0.0872. The van der Waals surface area contributed by atoms with Gasteiger partial charge in [-0.3, -0.25) is 4.98 Å². The first-order chi connectivity index (χ1) is 12.4. The molecule has 2 aliphatic carbocycles. The van der Waals surface area contributed by atoms with Crippen molar-refractivity contribution in [1.29, 1.82) is 0 Å². The number of hydrogen-bond acceptors (Lipinski definition) is 5. The maximum Gasteiger partial charge on any atom is 0.161 e. The zero-order valence-corrected chi connectivity index (χ0v) is 16.4. The van der Waals surface area contributed by atoms with Gasteiger partial charge in [0.2, 0.25) is 0 Å². The SMILES string of the molecule is CO[C@@]1(C)C[C@H](N(C)c2nc(-c3ccncc3)nc3c2CCC3)C1(C)C. The number of anilines is 1. The summed E-state index contributed by atoms with van der Waals surface area (Å²) >= 11 is 0. The second-order valence-electron chi connectivity index (χ2n) is 8.37. The van der Waals surface area contributed by atoms with Gasteiger partial charge in [-0.2, -0.15) is 0 Å². The minimum Gasteiger partial charge on any atom is -0.378 e. The van der Waals surface area contributed by atoms with E-state index >= 15 is 0 Å². The summed E-state index contributed by atoms with van der Waals surface area (Å²) in [5, 5.41) is 0. The maximum absolute atomic E-state index is 5.82. The lowest BCUT2D eigenvalue weighted by atomic mass is 9.55. The van der Waals surface area contributed by atoms with Crippen molar-refractivity contribution in [2.45, 2.75) is 58.1 Å². The molecule has 2 atom stereocenters. The van der Waals surface area contributed by atoms with E-state index in [-0.39, 0.29) is 11.0 Å². The van der Waals surface area contributed by atoms with Crippen molar-refractivity contribution in [3.8, 4) is 11.4 Å². The number of nitrogens with zero attached hydrogens (tertiary/aromatic N) is 4. The van der Waals surface area contributed by atoms with Crippen LogP contribution in [0.25, 0.3) is 11.4 Å². The molecule has 5 heteroatoms. The molecule has 26 heavy (non-hydrogen) atoms. The first kappa shape index (κ1) is 17.4. The second-order valence-corrected chi connectivity index (χ2v) is 8.37. The molecule has 0 bridgehead atoms. The summed E-state index contributed by atoms with van der Waals surface area (Å²) in [6, 6.07) is 4.36. The molecule has 0 unspecified atom stereocenters. The molecule has 4 rings (SSSR count). The third-order valence-corrected chi connectivity index (χ3v) is 6.88. The summed E-state index contributed by atoms with van der Waals surface area (Å²) < 4.78 is 5.82. The first-order valence-corrected chi connectivity index (χ1v) is 9.45. The van der Waals surface area contributed by atoms with Crippen molar-refractivity contribution in [3.05, 3.63) is 35.8 Å². The van der Waals surface area contributed by atoms with Gasteiger partial charge in [-0.15, -0.1) is 0 Å². The molecule has 2 aliphatic rings. The Labute approximate surface area is 155 Å². The predicted molar refractivity (Wildman–Crippen MR) is 103 cm³/mol. The number of aryl methyl sites for hydroxylation is 1. The number of ether oxygens (including phenoxy) is 1. The highest BCUT2D eigenvalue weighted by atomic mass is 16.5. The van der Waals surface area contributed by atoms with Crippen LogP contribution in [-0.2, 0) is 17.6 Å². The number of hydrogen-bond donors (Lipinski definition) is 0. The van der Waals surface area contributed by atoms with Crippen molar-refractivity contribution in [2.24, 2.45) is 5.41 Å². The molecular formula is C21H28N4O. The molecule has 1 saturated carbocycles. The predicted octanol–water partition coefficient (Wildman–Crippen LogP) is 3.67. The van der Waals surface area contributed by atoms with Crippen LogP contribution in [0.5, 0.6) is 0 Å². The summed E-state index contributed by atoms with van der Waals surface area (Å²) in [7, 11) is 4.00. The maximum atomic E-state index is 5.82. The average molecular weight is 352 g/mol. The van der Waals surface area contributed by atoms with Gasteiger partial charge in [-0.25, -0.2) is 9.97 Å². The second kappa shape index (κ2) is 6.02. The van der Waals surface area contributed by atoms with E-state index in [2.05, 4.69) is 37.7 Å². The molecule has 0 radical (unpaired) electrons. The molecule has 0 aromatic carbocycles. The lowest BCUT2D eigenvalue weighted by molar-refractivity contribution is -0.172. The molecule has 2 aromatic heterocycles. The van der Waals surface area contributed by atoms with Gasteiger partial charge in [0.05, 0.1) is 5.60 Å². The van der Waals surface area contributed by atoms with Crippen LogP contribution in [0.15, 0.2) is 24.5 Å². The fourth-order valence-corrected chi connectivity index (χ4v) is 4.56. The van der Waals surface area contributed by atoms with Gasteiger partial charge in [-0.1, -0.05) is 13.8 Å². The fraction of sp³-hybridized carbons (Fsp3) is 0.571. The molecule has 138 valence electrons. The average Bonchev–Trinajstić information content (AvgIpc) is 3.13. The number of methoxy groups -OCH3 is 1. The summed E-state index contributed by atoms with van der Waals surface area (Å²) in [4.78, 5) is 16.4. The summed E-state index contributed by atoms with van der Waals surface area (Å²) in [6.45, 7) is 6.81. The Morgan fingerprint density at radius 2 is 1.85 bits per heavy atom. The summed E-state index contributed by atoms with van der Waals surface area (Å²) in [5.41, 5.74) is 3.53. The third-order valence-electron chi connectivity index (χ3n) is 6.88.